The number of nitrogens with one attached hydrogen (secondary N) is 1. The second-order valence-corrected chi connectivity index (χ2v) is 8.05. The average Bonchev–Trinajstić information content (AvgIpc) is 2.72. The molecule has 2 amide bonds. The highest BCUT2D eigenvalue weighted by Gasteiger charge is 2.29. The minimum absolute atomic E-state index is 0.0104. The van der Waals surface area contributed by atoms with Crippen molar-refractivity contribution in [2.45, 2.75) is 45.7 Å². The lowest BCUT2D eigenvalue weighted by atomic mass is 9.97. The molecule has 0 unspecified atom stereocenters. The van der Waals surface area contributed by atoms with E-state index < -0.39 is 6.04 Å². The van der Waals surface area contributed by atoms with E-state index in [1.807, 2.05) is 41.3 Å². The van der Waals surface area contributed by atoms with Gasteiger partial charge in [0.2, 0.25) is 11.8 Å². The number of amides is 2. The van der Waals surface area contributed by atoms with Crippen molar-refractivity contribution in [1.82, 2.24) is 10.2 Å². The van der Waals surface area contributed by atoms with E-state index in [0.717, 1.165) is 17.7 Å². The van der Waals surface area contributed by atoms with E-state index in [1.54, 1.807) is 7.11 Å². The number of carbonyl (C=O) groups is 2. The number of hydrogen-bond donors (Lipinski definition) is 1. The van der Waals surface area contributed by atoms with Crippen LogP contribution >= 0.6 is 0 Å². The van der Waals surface area contributed by atoms with Crippen molar-refractivity contribution >= 4 is 11.8 Å². The van der Waals surface area contributed by atoms with E-state index >= 15 is 0 Å². The topological polar surface area (TPSA) is 58.6 Å². The summed E-state index contributed by atoms with van der Waals surface area (Å²) in [6.07, 6.45) is 1.73. The van der Waals surface area contributed by atoms with Crippen LogP contribution in [0.2, 0.25) is 0 Å². The number of nitrogens with zero attached hydrogens (tertiary/aromatic N) is 1. The van der Waals surface area contributed by atoms with Crippen molar-refractivity contribution in [2.75, 3.05) is 13.7 Å². The molecule has 2 aromatic rings. The normalized spacial score (nSPS) is 14.3. The Morgan fingerprint density at radius 3 is 2.41 bits per heavy atom. The van der Waals surface area contributed by atoms with Crippen LogP contribution in [-0.4, -0.2) is 36.4 Å². The first kappa shape index (κ1) is 20.9. The zero-order valence-corrected chi connectivity index (χ0v) is 17.5. The molecule has 0 fully saturated rings. The minimum Gasteiger partial charge on any atom is -0.497 e. The Labute approximate surface area is 173 Å². The monoisotopic (exact) mass is 394 g/mol. The largest absolute Gasteiger partial charge is 0.497 e. The molecule has 0 radical (unpaired) electrons. The fraction of sp³-hybridized carbons (Fsp3) is 0.417. The molecule has 1 heterocycles. The molecule has 29 heavy (non-hydrogen) atoms. The lowest BCUT2D eigenvalue weighted by molar-refractivity contribution is -0.137. The Bertz CT molecular complexity index is 845. The Morgan fingerprint density at radius 2 is 1.76 bits per heavy atom. The Kier molecular flexibility index (Phi) is 6.91. The number of benzene rings is 2. The molecular formula is C24H30N2O3. The summed E-state index contributed by atoms with van der Waals surface area (Å²) in [6, 6.07) is 15.2. The van der Waals surface area contributed by atoms with Crippen molar-refractivity contribution in [3.8, 4) is 5.75 Å². The zero-order chi connectivity index (χ0) is 20.8. The number of ether oxygens (including phenoxy) is 1. The molecular weight excluding hydrogens is 364 g/mol. The highest BCUT2D eigenvalue weighted by molar-refractivity contribution is 5.88. The summed E-state index contributed by atoms with van der Waals surface area (Å²) in [5.74, 6) is 0.942. The number of carbonyl (C=O) groups excluding carboxylic acids is 2. The van der Waals surface area contributed by atoms with E-state index in [9.17, 15) is 9.59 Å². The molecule has 5 heteroatoms. The lowest BCUT2D eigenvalue weighted by Crippen LogP contribution is -2.50. The van der Waals surface area contributed by atoms with Gasteiger partial charge in [0.25, 0.3) is 0 Å². The smallest absolute Gasteiger partial charge is 0.245 e. The molecule has 0 saturated carbocycles. The van der Waals surface area contributed by atoms with Gasteiger partial charge < -0.3 is 15.0 Å². The zero-order valence-electron chi connectivity index (χ0n) is 17.5. The van der Waals surface area contributed by atoms with Crippen LogP contribution in [0.25, 0.3) is 0 Å². The highest BCUT2D eigenvalue weighted by Crippen LogP contribution is 2.20. The number of hydrogen-bond acceptors (Lipinski definition) is 3. The third-order valence-corrected chi connectivity index (χ3v) is 5.31. The number of methoxy groups -OCH3 is 1. The summed E-state index contributed by atoms with van der Waals surface area (Å²) in [7, 11) is 1.61. The van der Waals surface area contributed by atoms with Gasteiger partial charge in [-0.25, -0.2) is 0 Å². The maximum atomic E-state index is 13.2. The van der Waals surface area contributed by atoms with Gasteiger partial charge >= 0.3 is 0 Å². The molecule has 154 valence electrons. The van der Waals surface area contributed by atoms with Crippen molar-refractivity contribution in [3.63, 3.8) is 0 Å². The molecule has 0 aromatic heterocycles. The van der Waals surface area contributed by atoms with Crippen LogP contribution in [0.15, 0.2) is 48.5 Å². The van der Waals surface area contributed by atoms with Gasteiger partial charge in [-0.05, 0) is 47.6 Å². The van der Waals surface area contributed by atoms with Crippen LogP contribution in [0.5, 0.6) is 5.75 Å². The van der Waals surface area contributed by atoms with Gasteiger partial charge in [0.15, 0.2) is 0 Å². The summed E-state index contributed by atoms with van der Waals surface area (Å²) < 4.78 is 5.16. The maximum Gasteiger partial charge on any atom is 0.245 e. The quantitative estimate of drug-likeness (QED) is 0.783. The number of rotatable bonds is 7. The van der Waals surface area contributed by atoms with Crippen LogP contribution in [0.3, 0.4) is 0 Å². The molecule has 0 aliphatic carbocycles. The van der Waals surface area contributed by atoms with Gasteiger partial charge in [-0.15, -0.1) is 0 Å². The molecule has 1 aliphatic heterocycles. The highest BCUT2D eigenvalue weighted by atomic mass is 16.5. The van der Waals surface area contributed by atoms with Crippen LogP contribution < -0.4 is 10.1 Å². The van der Waals surface area contributed by atoms with Gasteiger partial charge in [-0.1, -0.05) is 50.2 Å². The molecule has 1 N–H and O–H groups in total. The van der Waals surface area contributed by atoms with E-state index in [-0.39, 0.29) is 18.2 Å². The predicted molar refractivity (Wildman–Crippen MR) is 114 cm³/mol. The fourth-order valence-electron chi connectivity index (χ4n) is 3.77. The van der Waals surface area contributed by atoms with E-state index in [2.05, 4.69) is 31.3 Å². The third-order valence-electron chi connectivity index (χ3n) is 5.31. The summed E-state index contributed by atoms with van der Waals surface area (Å²) in [5, 5.41) is 2.99. The van der Waals surface area contributed by atoms with Crippen LogP contribution in [0.1, 0.15) is 37.0 Å². The second kappa shape index (κ2) is 9.59. The predicted octanol–water partition coefficient (Wildman–Crippen LogP) is 3.35. The first-order chi connectivity index (χ1) is 14.0. The summed E-state index contributed by atoms with van der Waals surface area (Å²) >= 11 is 0. The van der Waals surface area contributed by atoms with Crippen molar-refractivity contribution < 1.29 is 14.3 Å². The first-order valence-electron chi connectivity index (χ1n) is 10.2. The molecule has 1 atom stereocenters. The Morgan fingerprint density at radius 1 is 1.07 bits per heavy atom. The average molecular weight is 395 g/mol. The molecule has 1 aliphatic rings. The van der Waals surface area contributed by atoms with Gasteiger partial charge in [-0.2, -0.15) is 0 Å². The van der Waals surface area contributed by atoms with Gasteiger partial charge in [0.05, 0.1) is 13.5 Å². The van der Waals surface area contributed by atoms with Crippen LogP contribution in [0.4, 0.5) is 0 Å². The summed E-state index contributed by atoms with van der Waals surface area (Å²) in [6.45, 7) is 5.44. The molecule has 2 aromatic carbocycles. The van der Waals surface area contributed by atoms with Crippen molar-refractivity contribution in [2.24, 2.45) is 5.92 Å². The lowest BCUT2D eigenvalue weighted by Gasteiger charge is -2.32. The molecule has 5 nitrogen and oxygen atoms in total. The second-order valence-electron chi connectivity index (χ2n) is 8.05. The summed E-state index contributed by atoms with van der Waals surface area (Å²) in [4.78, 5) is 27.7. The van der Waals surface area contributed by atoms with Crippen LogP contribution in [0, 0.1) is 5.92 Å². The minimum atomic E-state index is -0.494. The first-order valence-corrected chi connectivity index (χ1v) is 10.2. The standard InChI is InChI=1S/C24H30N2O3/c1-17(2)14-22(25-23(27)15-18-8-10-21(29-3)11-9-18)24(28)26-13-12-19-6-4-5-7-20(19)16-26/h4-11,17,22H,12-16H2,1-3H3,(H,25,27)/t22-/m0/s1. The van der Waals surface area contributed by atoms with Gasteiger partial charge in [0.1, 0.15) is 11.8 Å². The molecule has 0 saturated heterocycles. The molecule has 0 spiro atoms. The Balaban J connectivity index is 1.65. The van der Waals surface area contributed by atoms with Crippen molar-refractivity contribution in [1.29, 1.82) is 0 Å². The third kappa shape index (κ3) is 5.59. The molecule has 0 bridgehead atoms. The van der Waals surface area contributed by atoms with E-state index in [0.29, 0.717) is 25.4 Å². The van der Waals surface area contributed by atoms with Crippen LogP contribution in [-0.2, 0) is 29.0 Å². The SMILES string of the molecule is COc1ccc(CC(=O)N[C@@H](CC(C)C)C(=O)N2CCc3ccccc3C2)cc1. The van der Waals surface area contributed by atoms with E-state index in [1.165, 1.54) is 11.1 Å². The van der Waals surface area contributed by atoms with E-state index in [4.69, 9.17) is 4.74 Å². The van der Waals surface area contributed by atoms with Crippen molar-refractivity contribution in [3.05, 3.63) is 65.2 Å². The van der Waals surface area contributed by atoms with Gasteiger partial charge in [-0.3, -0.25) is 9.59 Å². The summed E-state index contributed by atoms with van der Waals surface area (Å²) in [5.41, 5.74) is 3.39. The maximum absolute atomic E-state index is 13.2. The Hall–Kier alpha value is -2.82. The van der Waals surface area contributed by atoms with Gasteiger partial charge in [0, 0.05) is 13.1 Å². The number of fused-ring (bicyclic) bond motifs is 1. The molecule has 3 rings (SSSR count). The fourth-order valence-corrected chi connectivity index (χ4v) is 3.77.